The van der Waals surface area contributed by atoms with Crippen LogP contribution in [-0.2, 0) is 14.9 Å². The topological polar surface area (TPSA) is 71.0 Å². The molecule has 2 unspecified atom stereocenters. The van der Waals surface area contributed by atoms with E-state index in [2.05, 4.69) is 5.32 Å². The van der Waals surface area contributed by atoms with Gasteiger partial charge in [0.15, 0.2) is 17.8 Å². The first-order chi connectivity index (χ1) is 10.7. The van der Waals surface area contributed by atoms with Gasteiger partial charge in [0.1, 0.15) is 0 Å². The van der Waals surface area contributed by atoms with E-state index >= 15 is 0 Å². The third-order valence-electron chi connectivity index (χ3n) is 4.85. The van der Waals surface area contributed by atoms with Crippen LogP contribution in [0.2, 0.25) is 0 Å². The van der Waals surface area contributed by atoms with Gasteiger partial charge >= 0.3 is 0 Å². The highest BCUT2D eigenvalue weighted by Gasteiger charge is 2.36. The van der Waals surface area contributed by atoms with Gasteiger partial charge in [-0.3, -0.25) is 0 Å². The Hall–Kier alpha value is -1.30. The Morgan fingerprint density at radius 3 is 2.86 bits per heavy atom. The summed E-state index contributed by atoms with van der Waals surface area (Å²) in [5.41, 5.74) is 1.01. The van der Waals surface area contributed by atoms with E-state index in [9.17, 15) is 10.2 Å². The molecule has 0 spiro atoms. The van der Waals surface area contributed by atoms with Gasteiger partial charge in [-0.05, 0) is 56.3 Å². The number of hydrogen-bond donors (Lipinski definition) is 3. The van der Waals surface area contributed by atoms with Crippen LogP contribution in [0, 0.1) is 0 Å². The number of rotatable bonds is 5. The molecule has 2 heterocycles. The molecule has 122 valence electrons. The molecule has 0 aliphatic carbocycles. The Labute approximate surface area is 131 Å². The van der Waals surface area contributed by atoms with Gasteiger partial charge in [-0.1, -0.05) is 6.07 Å². The molecule has 0 saturated carbocycles. The lowest BCUT2D eigenvalue weighted by molar-refractivity contribution is -0.164. The smallest absolute Gasteiger partial charge is 0.157 e. The highest BCUT2D eigenvalue weighted by Crippen LogP contribution is 2.38. The predicted molar refractivity (Wildman–Crippen MR) is 83.1 cm³/mol. The molecule has 0 amide bonds. The second-order valence-corrected chi connectivity index (χ2v) is 6.33. The molecule has 1 aromatic rings. The molecule has 0 bridgehead atoms. The zero-order valence-electron chi connectivity index (χ0n) is 12.9. The van der Waals surface area contributed by atoms with Gasteiger partial charge in [0.2, 0.25) is 0 Å². The zero-order valence-corrected chi connectivity index (χ0v) is 12.9. The fourth-order valence-electron chi connectivity index (χ4n) is 3.43. The summed E-state index contributed by atoms with van der Waals surface area (Å²) in [7, 11) is 0. The molecule has 1 aromatic carbocycles. The summed E-state index contributed by atoms with van der Waals surface area (Å²) in [6.45, 7) is 3.27. The molecule has 2 fully saturated rings. The Balaban J connectivity index is 1.64. The number of phenols is 2. The fraction of sp³-hybridized carbons (Fsp3) is 0.647. The van der Waals surface area contributed by atoms with E-state index in [1.165, 1.54) is 6.42 Å². The monoisotopic (exact) mass is 307 g/mol. The largest absolute Gasteiger partial charge is 0.504 e. The average Bonchev–Trinajstić information content (AvgIpc) is 3.01. The molecule has 0 aromatic heterocycles. The fourth-order valence-corrected chi connectivity index (χ4v) is 3.43. The van der Waals surface area contributed by atoms with Gasteiger partial charge in [0.25, 0.3) is 0 Å². The lowest BCUT2D eigenvalue weighted by Crippen LogP contribution is -2.32. The summed E-state index contributed by atoms with van der Waals surface area (Å²) in [4.78, 5) is 0. The molecule has 5 nitrogen and oxygen atoms in total. The summed E-state index contributed by atoms with van der Waals surface area (Å²) in [5.74, 6) is -0.128. The van der Waals surface area contributed by atoms with E-state index in [0.29, 0.717) is 6.61 Å². The van der Waals surface area contributed by atoms with Gasteiger partial charge in [-0.25, -0.2) is 0 Å². The van der Waals surface area contributed by atoms with Crippen molar-refractivity contribution in [3.05, 3.63) is 23.8 Å². The molecule has 2 saturated heterocycles. The lowest BCUT2D eigenvalue weighted by atomic mass is 9.77. The number of phenolic OH excluding ortho intramolecular Hbond substituents is 2. The van der Waals surface area contributed by atoms with E-state index in [1.54, 1.807) is 12.1 Å². The maximum Gasteiger partial charge on any atom is 0.157 e. The van der Waals surface area contributed by atoms with Crippen LogP contribution in [0.4, 0.5) is 0 Å². The molecule has 22 heavy (non-hydrogen) atoms. The maximum atomic E-state index is 9.78. The van der Waals surface area contributed by atoms with Crippen LogP contribution >= 0.6 is 0 Å². The number of hydrogen-bond acceptors (Lipinski definition) is 5. The van der Waals surface area contributed by atoms with Gasteiger partial charge < -0.3 is 25.0 Å². The van der Waals surface area contributed by atoms with E-state index in [-0.39, 0.29) is 23.2 Å². The van der Waals surface area contributed by atoms with Crippen molar-refractivity contribution in [1.82, 2.24) is 5.32 Å². The SMILES string of the molecule is Oc1ccc(C2(CCOC3CCCCO3)CCNC2)cc1O. The number of aromatic hydroxyl groups is 2. The lowest BCUT2D eigenvalue weighted by Gasteiger charge is -2.30. The Bertz CT molecular complexity index is 493. The average molecular weight is 307 g/mol. The molecule has 5 heteroatoms. The quantitative estimate of drug-likeness (QED) is 0.728. The van der Waals surface area contributed by atoms with E-state index in [4.69, 9.17) is 9.47 Å². The summed E-state index contributed by atoms with van der Waals surface area (Å²) < 4.78 is 11.5. The van der Waals surface area contributed by atoms with Crippen molar-refractivity contribution in [3.63, 3.8) is 0 Å². The minimum Gasteiger partial charge on any atom is -0.504 e. The number of benzene rings is 1. The van der Waals surface area contributed by atoms with Gasteiger partial charge in [-0.2, -0.15) is 0 Å². The third kappa shape index (κ3) is 3.37. The van der Waals surface area contributed by atoms with Crippen LogP contribution in [0.3, 0.4) is 0 Å². The summed E-state index contributed by atoms with van der Waals surface area (Å²) in [6.07, 6.45) is 5.10. The van der Waals surface area contributed by atoms with Crippen molar-refractivity contribution in [3.8, 4) is 11.5 Å². The van der Waals surface area contributed by atoms with Crippen LogP contribution in [0.5, 0.6) is 11.5 Å². The molecule has 2 aliphatic rings. The minimum atomic E-state index is -0.0725. The molecule has 0 radical (unpaired) electrons. The number of ether oxygens (including phenoxy) is 2. The summed E-state index contributed by atoms with van der Waals surface area (Å²) in [6, 6.07) is 5.15. The van der Waals surface area contributed by atoms with Crippen LogP contribution in [0.15, 0.2) is 18.2 Å². The van der Waals surface area contributed by atoms with E-state index < -0.39 is 0 Å². The maximum absolute atomic E-state index is 9.78. The first-order valence-corrected chi connectivity index (χ1v) is 8.16. The van der Waals surface area contributed by atoms with E-state index in [1.807, 2.05) is 6.07 Å². The van der Waals surface area contributed by atoms with Gasteiger partial charge in [-0.15, -0.1) is 0 Å². The van der Waals surface area contributed by atoms with Crippen molar-refractivity contribution in [1.29, 1.82) is 0 Å². The van der Waals surface area contributed by atoms with E-state index in [0.717, 1.165) is 50.9 Å². The van der Waals surface area contributed by atoms with Crippen LogP contribution in [0.25, 0.3) is 0 Å². The molecule has 3 rings (SSSR count). The van der Waals surface area contributed by atoms with Crippen LogP contribution < -0.4 is 5.32 Å². The first kappa shape index (κ1) is 15.6. The highest BCUT2D eigenvalue weighted by molar-refractivity contribution is 5.43. The van der Waals surface area contributed by atoms with Crippen molar-refractivity contribution in [2.45, 2.75) is 43.8 Å². The predicted octanol–water partition coefficient (Wildman–Crippen LogP) is 2.26. The Morgan fingerprint density at radius 1 is 1.27 bits per heavy atom. The molecule has 2 aliphatic heterocycles. The molecular formula is C17H25NO4. The zero-order chi connectivity index (χ0) is 15.4. The van der Waals surface area contributed by atoms with Crippen molar-refractivity contribution in [2.24, 2.45) is 0 Å². The molecular weight excluding hydrogens is 282 g/mol. The van der Waals surface area contributed by atoms with Crippen molar-refractivity contribution >= 4 is 0 Å². The van der Waals surface area contributed by atoms with Gasteiger partial charge in [0.05, 0.1) is 6.61 Å². The van der Waals surface area contributed by atoms with Crippen molar-refractivity contribution < 1.29 is 19.7 Å². The normalized spacial score (nSPS) is 28.8. The summed E-state index contributed by atoms with van der Waals surface area (Å²) in [5, 5.41) is 22.7. The van der Waals surface area contributed by atoms with Crippen molar-refractivity contribution in [2.75, 3.05) is 26.3 Å². The Morgan fingerprint density at radius 2 is 2.18 bits per heavy atom. The Kier molecular flexibility index (Phi) is 4.86. The first-order valence-electron chi connectivity index (χ1n) is 8.16. The highest BCUT2D eigenvalue weighted by atomic mass is 16.7. The van der Waals surface area contributed by atoms with Crippen LogP contribution in [-0.4, -0.2) is 42.8 Å². The standard InChI is InChI=1S/C17H25NO4/c19-14-5-4-13(11-15(14)20)17(6-8-18-12-17)7-10-22-16-3-1-2-9-21-16/h4-5,11,16,18-20H,1-3,6-10,12H2. The summed E-state index contributed by atoms with van der Waals surface area (Å²) >= 11 is 0. The molecule has 2 atom stereocenters. The van der Waals surface area contributed by atoms with Gasteiger partial charge in [0, 0.05) is 18.6 Å². The number of nitrogens with one attached hydrogen (secondary N) is 1. The second-order valence-electron chi connectivity index (χ2n) is 6.33. The minimum absolute atomic E-state index is 0.0418. The third-order valence-corrected chi connectivity index (χ3v) is 4.85. The molecule has 3 N–H and O–H groups in total. The van der Waals surface area contributed by atoms with Crippen LogP contribution in [0.1, 0.15) is 37.7 Å². The second kappa shape index (κ2) is 6.86.